The van der Waals surface area contributed by atoms with Crippen LogP contribution in [0.5, 0.6) is 0 Å². The molecule has 204 valence electrons. The van der Waals surface area contributed by atoms with Gasteiger partial charge in [0.1, 0.15) is 22.8 Å². The zero-order valence-corrected chi connectivity index (χ0v) is 22.6. The first-order valence-electron chi connectivity index (χ1n) is 13.2. The summed E-state index contributed by atoms with van der Waals surface area (Å²) in [5, 5.41) is 12.7. The van der Waals surface area contributed by atoms with E-state index in [0.717, 1.165) is 35.4 Å². The molecule has 0 saturated carbocycles. The van der Waals surface area contributed by atoms with Crippen molar-refractivity contribution in [2.24, 2.45) is 0 Å². The van der Waals surface area contributed by atoms with Gasteiger partial charge in [-0.25, -0.2) is 13.8 Å². The van der Waals surface area contributed by atoms with Gasteiger partial charge < -0.3 is 14.8 Å². The molecule has 0 atom stereocenters. The summed E-state index contributed by atoms with van der Waals surface area (Å²) in [6.45, 7) is 0.740. The standard InChI is InChI=1S/C31H25F2N7O/c1-34-31(41)27-25-16-21(30(38(2)3)37-40(25)36-29(27)17-7-10-19(32)11-8-17)23-12-9-18-13-14-39-24-6-4-5-22(33)20(24)15-26(39)28(18)35-23/h4-12,15-16H,13-14H2,1-3H3,(H,34,41). The molecule has 0 spiro atoms. The molecule has 0 radical (unpaired) electrons. The van der Waals surface area contributed by atoms with Gasteiger partial charge in [0.25, 0.3) is 5.91 Å². The Labute approximate surface area is 233 Å². The summed E-state index contributed by atoms with van der Waals surface area (Å²) in [6.07, 6.45) is 0.776. The van der Waals surface area contributed by atoms with Crippen LogP contribution in [-0.4, -0.2) is 51.4 Å². The molecule has 1 aliphatic rings. The number of benzene rings is 2. The minimum atomic E-state index is -0.380. The largest absolute Gasteiger partial charge is 0.361 e. The van der Waals surface area contributed by atoms with Gasteiger partial charge in [0, 0.05) is 44.2 Å². The van der Waals surface area contributed by atoms with Crippen molar-refractivity contribution >= 4 is 28.1 Å². The fourth-order valence-electron chi connectivity index (χ4n) is 5.63. The molecule has 0 unspecified atom stereocenters. The van der Waals surface area contributed by atoms with Crippen molar-refractivity contribution in [2.75, 3.05) is 26.0 Å². The van der Waals surface area contributed by atoms with Crippen LogP contribution in [0.15, 0.2) is 66.7 Å². The van der Waals surface area contributed by atoms with Crippen LogP contribution in [0.2, 0.25) is 0 Å². The Balaban J connectivity index is 1.45. The molecule has 1 amide bonds. The van der Waals surface area contributed by atoms with E-state index in [9.17, 15) is 13.6 Å². The Morgan fingerprint density at radius 1 is 0.951 bits per heavy atom. The van der Waals surface area contributed by atoms with Gasteiger partial charge in [0.2, 0.25) is 0 Å². The Bertz CT molecular complexity index is 2010. The molecule has 8 nitrogen and oxygen atoms in total. The minimum Gasteiger partial charge on any atom is -0.361 e. The van der Waals surface area contributed by atoms with E-state index in [2.05, 4.69) is 21.0 Å². The number of carbonyl (C=O) groups excluding carboxylic acids is 1. The summed E-state index contributed by atoms with van der Waals surface area (Å²) in [4.78, 5) is 20.1. The molecule has 2 aromatic carbocycles. The molecule has 7 rings (SSSR count). The van der Waals surface area contributed by atoms with Crippen molar-refractivity contribution in [1.29, 1.82) is 0 Å². The van der Waals surface area contributed by atoms with Crippen LogP contribution in [0.25, 0.3) is 50.3 Å². The summed E-state index contributed by atoms with van der Waals surface area (Å²) in [5.74, 6) is -0.376. The molecule has 10 heteroatoms. The highest BCUT2D eigenvalue weighted by molar-refractivity contribution is 6.07. The van der Waals surface area contributed by atoms with E-state index in [1.54, 1.807) is 25.2 Å². The average molecular weight is 550 g/mol. The van der Waals surface area contributed by atoms with Gasteiger partial charge in [-0.3, -0.25) is 4.79 Å². The first kappa shape index (κ1) is 24.9. The molecule has 4 aromatic heterocycles. The van der Waals surface area contributed by atoms with Crippen LogP contribution < -0.4 is 10.2 Å². The highest BCUT2D eigenvalue weighted by Crippen LogP contribution is 2.38. The van der Waals surface area contributed by atoms with E-state index in [0.29, 0.717) is 44.8 Å². The Hall–Kier alpha value is -5.12. The lowest BCUT2D eigenvalue weighted by Gasteiger charge is -2.21. The number of hydrogen-bond acceptors (Lipinski definition) is 5. The lowest BCUT2D eigenvalue weighted by atomic mass is 10.0. The van der Waals surface area contributed by atoms with Crippen LogP contribution in [0.1, 0.15) is 15.9 Å². The Kier molecular flexibility index (Phi) is 5.60. The molecule has 0 fully saturated rings. The predicted octanol–water partition coefficient (Wildman–Crippen LogP) is 5.34. The van der Waals surface area contributed by atoms with Crippen LogP contribution >= 0.6 is 0 Å². The van der Waals surface area contributed by atoms with Gasteiger partial charge in [-0.2, -0.15) is 0 Å². The highest BCUT2D eigenvalue weighted by Gasteiger charge is 2.26. The third kappa shape index (κ3) is 3.86. The van der Waals surface area contributed by atoms with Crippen molar-refractivity contribution in [3.63, 3.8) is 0 Å². The van der Waals surface area contributed by atoms with Crippen LogP contribution in [0.3, 0.4) is 0 Å². The molecule has 0 aliphatic carbocycles. The van der Waals surface area contributed by atoms with Crippen LogP contribution in [-0.2, 0) is 13.0 Å². The normalized spacial score (nSPS) is 12.4. The highest BCUT2D eigenvalue weighted by atomic mass is 19.1. The number of pyridine rings is 1. The number of halogens is 2. The summed E-state index contributed by atoms with van der Waals surface area (Å²) in [7, 11) is 5.30. The summed E-state index contributed by atoms with van der Waals surface area (Å²) in [5.41, 5.74) is 6.75. The monoisotopic (exact) mass is 549 g/mol. The van der Waals surface area contributed by atoms with Crippen LogP contribution in [0.4, 0.5) is 14.6 Å². The molecule has 1 aliphatic heterocycles. The number of nitrogens with zero attached hydrogens (tertiary/aromatic N) is 6. The minimum absolute atomic E-state index is 0.258. The van der Waals surface area contributed by atoms with E-state index < -0.39 is 0 Å². The maximum Gasteiger partial charge on any atom is 0.255 e. The molecule has 0 bridgehead atoms. The van der Waals surface area contributed by atoms with Gasteiger partial charge >= 0.3 is 0 Å². The third-order valence-corrected chi connectivity index (χ3v) is 7.60. The maximum atomic E-state index is 14.7. The van der Waals surface area contributed by atoms with E-state index in [1.807, 2.05) is 43.3 Å². The molecular formula is C31H25F2N7O. The van der Waals surface area contributed by atoms with Gasteiger partial charge in [0.15, 0.2) is 5.82 Å². The molecule has 0 saturated heterocycles. The Morgan fingerprint density at radius 2 is 1.76 bits per heavy atom. The number of aromatic nitrogens is 5. The molecule has 1 N–H and O–H groups in total. The zero-order valence-electron chi connectivity index (χ0n) is 22.6. The number of carbonyl (C=O) groups is 1. The lowest BCUT2D eigenvalue weighted by Crippen LogP contribution is -2.19. The van der Waals surface area contributed by atoms with Crippen molar-refractivity contribution in [2.45, 2.75) is 13.0 Å². The third-order valence-electron chi connectivity index (χ3n) is 7.60. The van der Waals surface area contributed by atoms with E-state index >= 15 is 0 Å². The predicted molar refractivity (Wildman–Crippen MR) is 154 cm³/mol. The van der Waals surface area contributed by atoms with Crippen molar-refractivity contribution in [1.82, 2.24) is 29.7 Å². The second kappa shape index (κ2) is 9.22. The fraction of sp³-hybridized carbons (Fsp3) is 0.161. The second-order valence-electron chi connectivity index (χ2n) is 10.3. The first-order chi connectivity index (χ1) is 19.8. The molecular weight excluding hydrogens is 524 g/mol. The van der Waals surface area contributed by atoms with Gasteiger partial charge in [0.05, 0.1) is 28.2 Å². The van der Waals surface area contributed by atoms with Crippen molar-refractivity contribution in [3.8, 4) is 33.9 Å². The topological polar surface area (TPSA) is 80.4 Å². The molecule has 6 aromatic rings. The van der Waals surface area contributed by atoms with E-state index in [-0.39, 0.29) is 17.5 Å². The van der Waals surface area contributed by atoms with Crippen molar-refractivity contribution in [3.05, 3.63) is 89.5 Å². The smallest absolute Gasteiger partial charge is 0.255 e. The fourth-order valence-corrected chi connectivity index (χ4v) is 5.63. The van der Waals surface area contributed by atoms with Gasteiger partial charge in [-0.05, 0) is 66.6 Å². The molecule has 5 heterocycles. The Morgan fingerprint density at radius 3 is 2.51 bits per heavy atom. The summed E-state index contributed by atoms with van der Waals surface area (Å²) in [6, 6.07) is 18.7. The summed E-state index contributed by atoms with van der Waals surface area (Å²) >= 11 is 0. The number of nitrogens with one attached hydrogen (secondary N) is 1. The zero-order chi connectivity index (χ0) is 28.4. The van der Waals surface area contributed by atoms with E-state index in [4.69, 9.17) is 10.1 Å². The quantitative estimate of drug-likeness (QED) is 0.321. The number of fused-ring (bicyclic) bond motifs is 6. The SMILES string of the molecule is CNC(=O)c1c(-c2ccc(F)cc2)nn2nc(N(C)C)c(-c3ccc4c(n3)-c3cc5c(F)cccc5n3CC4)cc12. The number of rotatable bonds is 4. The van der Waals surface area contributed by atoms with Crippen molar-refractivity contribution < 1.29 is 13.6 Å². The maximum absolute atomic E-state index is 14.7. The lowest BCUT2D eigenvalue weighted by molar-refractivity contribution is 0.0965. The molecule has 41 heavy (non-hydrogen) atoms. The second-order valence-corrected chi connectivity index (χ2v) is 10.3. The number of hydrogen-bond donors (Lipinski definition) is 1. The summed E-state index contributed by atoms with van der Waals surface area (Å²) < 4.78 is 31.9. The number of amides is 1. The average Bonchev–Trinajstić information content (AvgIpc) is 3.55. The van der Waals surface area contributed by atoms with E-state index in [1.165, 1.54) is 22.8 Å². The number of anilines is 1. The van der Waals surface area contributed by atoms with Gasteiger partial charge in [-0.15, -0.1) is 14.8 Å². The van der Waals surface area contributed by atoms with Gasteiger partial charge in [-0.1, -0.05) is 12.1 Å². The first-order valence-corrected chi connectivity index (χ1v) is 13.2. The number of aryl methyl sites for hydroxylation is 2. The van der Waals surface area contributed by atoms with Crippen LogP contribution in [0, 0.1) is 11.6 Å².